The van der Waals surface area contributed by atoms with E-state index in [1.165, 1.54) is 0 Å². The summed E-state index contributed by atoms with van der Waals surface area (Å²) in [6.07, 6.45) is 0. The molecule has 1 aliphatic heterocycles. The van der Waals surface area contributed by atoms with Crippen molar-refractivity contribution in [2.45, 2.75) is 13.5 Å². The van der Waals surface area contributed by atoms with Gasteiger partial charge in [-0.2, -0.15) is 0 Å². The van der Waals surface area contributed by atoms with E-state index in [0.29, 0.717) is 13.2 Å². The molecule has 118 valence electrons. The fraction of sp³-hybridized carbons (Fsp3) is 0.714. The van der Waals surface area contributed by atoms with Crippen LogP contribution in [0.2, 0.25) is 0 Å². The van der Waals surface area contributed by atoms with Gasteiger partial charge in [-0.15, -0.1) is 0 Å². The fourth-order valence-electron chi connectivity index (χ4n) is 2.26. The molecule has 0 saturated carbocycles. The Hall–Kier alpha value is -1.44. The Labute approximate surface area is 124 Å². The predicted molar refractivity (Wildman–Crippen MR) is 75.8 cm³/mol. The summed E-state index contributed by atoms with van der Waals surface area (Å²) in [6, 6.07) is 1.95. The molecule has 7 heteroatoms. The Bertz CT molecular complexity index is 441. The standard InChI is InChI=1S/C14H23N3O4/c1-12-9-13(21-15-12)10-16-3-5-17(6-4-16)14(18)11-20-8-7-19-2/h9H,3-8,10-11H2,1-2H3. The molecule has 0 N–H and O–H groups in total. The summed E-state index contributed by atoms with van der Waals surface area (Å²) in [7, 11) is 1.61. The molecule has 21 heavy (non-hydrogen) atoms. The first kappa shape index (κ1) is 15.9. The zero-order chi connectivity index (χ0) is 15.1. The number of amides is 1. The van der Waals surface area contributed by atoms with Crippen molar-refractivity contribution in [3.8, 4) is 0 Å². The number of hydrogen-bond donors (Lipinski definition) is 0. The second-order valence-corrected chi connectivity index (χ2v) is 5.14. The van der Waals surface area contributed by atoms with Crippen molar-refractivity contribution in [1.82, 2.24) is 15.0 Å². The van der Waals surface area contributed by atoms with Crippen LogP contribution in [0.25, 0.3) is 0 Å². The number of aryl methyl sites for hydroxylation is 1. The summed E-state index contributed by atoms with van der Waals surface area (Å²) in [4.78, 5) is 16.0. The van der Waals surface area contributed by atoms with Crippen molar-refractivity contribution >= 4 is 5.91 Å². The second kappa shape index (κ2) is 8.11. The maximum atomic E-state index is 11.9. The molecule has 1 aromatic heterocycles. The molecular weight excluding hydrogens is 274 g/mol. The first-order valence-corrected chi connectivity index (χ1v) is 7.18. The van der Waals surface area contributed by atoms with Crippen molar-refractivity contribution in [3.05, 3.63) is 17.5 Å². The molecule has 1 fully saturated rings. The third-order valence-corrected chi connectivity index (χ3v) is 3.44. The first-order valence-electron chi connectivity index (χ1n) is 7.18. The van der Waals surface area contributed by atoms with E-state index in [4.69, 9.17) is 14.0 Å². The summed E-state index contributed by atoms with van der Waals surface area (Å²) in [6.45, 7) is 6.86. The molecule has 2 heterocycles. The highest BCUT2D eigenvalue weighted by molar-refractivity contribution is 5.77. The van der Waals surface area contributed by atoms with E-state index < -0.39 is 0 Å². The van der Waals surface area contributed by atoms with Gasteiger partial charge in [-0.1, -0.05) is 5.16 Å². The number of ether oxygens (including phenoxy) is 2. The molecule has 0 unspecified atom stereocenters. The molecule has 0 aliphatic carbocycles. The maximum absolute atomic E-state index is 11.9. The van der Waals surface area contributed by atoms with Crippen LogP contribution in [0.15, 0.2) is 10.6 Å². The minimum absolute atomic E-state index is 0.0428. The molecule has 0 atom stereocenters. The van der Waals surface area contributed by atoms with Crippen molar-refractivity contribution < 1.29 is 18.8 Å². The van der Waals surface area contributed by atoms with Crippen LogP contribution >= 0.6 is 0 Å². The van der Waals surface area contributed by atoms with E-state index in [1.54, 1.807) is 7.11 Å². The normalized spacial score (nSPS) is 16.4. The summed E-state index contributed by atoms with van der Waals surface area (Å²) < 4.78 is 15.3. The van der Waals surface area contributed by atoms with Gasteiger partial charge in [-0.25, -0.2) is 0 Å². The Morgan fingerprint density at radius 1 is 1.33 bits per heavy atom. The lowest BCUT2D eigenvalue weighted by Crippen LogP contribution is -2.49. The third-order valence-electron chi connectivity index (χ3n) is 3.44. The minimum atomic E-state index is 0.0428. The van der Waals surface area contributed by atoms with Crippen LogP contribution in [0.3, 0.4) is 0 Å². The molecule has 1 saturated heterocycles. The minimum Gasteiger partial charge on any atom is -0.382 e. The number of rotatable bonds is 7. The highest BCUT2D eigenvalue weighted by Crippen LogP contribution is 2.09. The van der Waals surface area contributed by atoms with Crippen LogP contribution < -0.4 is 0 Å². The van der Waals surface area contributed by atoms with Crippen LogP contribution in [-0.2, 0) is 20.8 Å². The predicted octanol–water partition coefficient (Wildman–Crippen LogP) is 0.290. The van der Waals surface area contributed by atoms with Gasteiger partial charge in [-0.3, -0.25) is 9.69 Å². The molecule has 0 radical (unpaired) electrons. The zero-order valence-corrected chi connectivity index (χ0v) is 12.7. The van der Waals surface area contributed by atoms with Crippen LogP contribution in [0.1, 0.15) is 11.5 Å². The maximum Gasteiger partial charge on any atom is 0.248 e. The average Bonchev–Trinajstić information content (AvgIpc) is 2.89. The van der Waals surface area contributed by atoms with Crippen molar-refractivity contribution in [1.29, 1.82) is 0 Å². The Morgan fingerprint density at radius 2 is 2.10 bits per heavy atom. The number of hydrogen-bond acceptors (Lipinski definition) is 6. The lowest BCUT2D eigenvalue weighted by molar-refractivity contribution is -0.138. The largest absolute Gasteiger partial charge is 0.382 e. The number of carbonyl (C=O) groups is 1. The van der Waals surface area contributed by atoms with E-state index in [2.05, 4.69) is 10.1 Å². The average molecular weight is 297 g/mol. The molecular formula is C14H23N3O4. The van der Waals surface area contributed by atoms with Gasteiger partial charge in [0.05, 0.1) is 25.5 Å². The van der Waals surface area contributed by atoms with Crippen molar-refractivity contribution in [2.75, 3.05) is 53.1 Å². The molecule has 0 aromatic carbocycles. The molecule has 0 bridgehead atoms. The molecule has 0 spiro atoms. The highest BCUT2D eigenvalue weighted by Gasteiger charge is 2.21. The zero-order valence-electron chi connectivity index (χ0n) is 12.7. The monoisotopic (exact) mass is 297 g/mol. The van der Waals surface area contributed by atoms with E-state index in [0.717, 1.165) is 44.2 Å². The van der Waals surface area contributed by atoms with E-state index in [9.17, 15) is 4.79 Å². The SMILES string of the molecule is COCCOCC(=O)N1CCN(Cc2cc(C)no2)CC1. The summed E-state index contributed by atoms with van der Waals surface area (Å²) in [5.41, 5.74) is 0.895. The van der Waals surface area contributed by atoms with Gasteiger partial charge >= 0.3 is 0 Å². The highest BCUT2D eigenvalue weighted by atomic mass is 16.5. The number of aromatic nitrogens is 1. The Balaban J connectivity index is 1.66. The van der Waals surface area contributed by atoms with E-state index in [1.807, 2.05) is 17.9 Å². The van der Waals surface area contributed by atoms with Gasteiger partial charge in [-0.05, 0) is 6.92 Å². The van der Waals surface area contributed by atoms with Gasteiger partial charge < -0.3 is 18.9 Å². The topological polar surface area (TPSA) is 68.0 Å². The van der Waals surface area contributed by atoms with Gasteiger partial charge in [0.2, 0.25) is 5.91 Å². The van der Waals surface area contributed by atoms with Gasteiger partial charge in [0.25, 0.3) is 0 Å². The van der Waals surface area contributed by atoms with Crippen molar-refractivity contribution in [2.24, 2.45) is 0 Å². The number of methoxy groups -OCH3 is 1. The van der Waals surface area contributed by atoms with Crippen LogP contribution in [0.5, 0.6) is 0 Å². The van der Waals surface area contributed by atoms with Gasteiger partial charge in [0.1, 0.15) is 6.61 Å². The van der Waals surface area contributed by atoms with E-state index >= 15 is 0 Å². The lowest BCUT2D eigenvalue weighted by atomic mass is 10.3. The van der Waals surface area contributed by atoms with Crippen LogP contribution in [0, 0.1) is 6.92 Å². The van der Waals surface area contributed by atoms with Crippen LogP contribution in [0.4, 0.5) is 0 Å². The van der Waals surface area contributed by atoms with Crippen molar-refractivity contribution in [3.63, 3.8) is 0 Å². The summed E-state index contributed by atoms with van der Waals surface area (Å²) in [5.74, 6) is 0.913. The van der Waals surface area contributed by atoms with Gasteiger partial charge in [0.15, 0.2) is 5.76 Å². The number of piperazine rings is 1. The molecule has 1 aromatic rings. The number of carbonyl (C=O) groups excluding carboxylic acids is 1. The third kappa shape index (κ3) is 5.11. The van der Waals surface area contributed by atoms with Gasteiger partial charge in [0, 0.05) is 39.4 Å². The second-order valence-electron chi connectivity index (χ2n) is 5.14. The summed E-state index contributed by atoms with van der Waals surface area (Å²) >= 11 is 0. The van der Waals surface area contributed by atoms with Crippen LogP contribution in [-0.4, -0.2) is 74.0 Å². The Morgan fingerprint density at radius 3 is 2.71 bits per heavy atom. The first-order chi connectivity index (χ1) is 10.2. The summed E-state index contributed by atoms with van der Waals surface area (Å²) in [5, 5.41) is 3.88. The van der Waals surface area contributed by atoms with E-state index in [-0.39, 0.29) is 12.5 Å². The number of nitrogens with zero attached hydrogens (tertiary/aromatic N) is 3. The molecule has 2 rings (SSSR count). The smallest absolute Gasteiger partial charge is 0.248 e. The molecule has 7 nitrogen and oxygen atoms in total. The molecule has 1 aliphatic rings. The quantitative estimate of drug-likeness (QED) is 0.674. The Kier molecular flexibility index (Phi) is 6.16. The molecule has 1 amide bonds. The fourth-order valence-corrected chi connectivity index (χ4v) is 2.26. The lowest BCUT2D eigenvalue weighted by Gasteiger charge is -2.34.